The smallest absolute Gasteiger partial charge is 0.00928 e. The Morgan fingerprint density at radius 2 is 2.06 bits per heavy atom. The molecule has 2 heteroatoms. The quantitative estimate of drug-likeness (QED) is 0.792. The van der Waals surface area contributed by atoms with Gasteiger partial charge in [0.05, 0.1) is 0 Å². The molecule has 2 nitrogen and oxygen atoms in total. The monoisotopic (exact) mass is 238 g/mol. The average Bonchev–Trinajstić information content (AvgIpc) is 2.95. The highest BCUT2D eigenvalue weighted by atomic mass is 15.1. The molecule has 0 aromatic rings. The Hall–Kier alpha value is -0.0800. The van der Waals surface area contributed by atoms with Crippen LogP contribution in [0.25, 0.3) is 0 Å². The first kappa shape index (κ1) is 13.4. The van der Waals surface area contributed by atoms with Crippen molar-refractivity contribution < 1.29 is 0 Å². The SMILES string of the molecule is CNC1CCCC1CCN1CCC(C(C)C)C1. The minimum atomic E-state index is 0.804. The lowest BCUT2D eigenvalue weighted by atomic mass is 9.95. The molecule has 100 valence electrons. The van der Waals surface area contributed by atoms with Crippen molar-refractivity contribution >= 4 is 0 Å². The van der Waals surface area contributed by atoms with Crippen LogP contribution in [0.15, 0.2) is 0 Å². The molecule has 0 aromatic carbocycles. The minimum absolute atomic E-state index is 0.804. The molecule has 2 aliphatic rings. The van der Waals surface area contributed by atoms with E-state index in [1.165, 1.54) is 51.7 Å². The first-order valence-corrected chi connectivity index (χ1v) is 7.60. The average molecular weight is 238 g/mol. The van der Waals surface area contributed by atoms with Crippen molar-refractivity contribution in [3.8, 4) is 0 Å². The zero-order chi connectivity index (χ0) is 12.3. The standard InChI is InChI=1S/C15H30N2/c1-12(2)14-8-10-17(11-14)9-7-13-5-4-6-15(13)16-3/h12-16H,4-11H2,1-3H3. The number of hydrogen-bond donors (Lipinski definition) is 1. The van der Waals surface area contributed by atoms with Crippen LogP contribution in [0.5, 0.6) is 0 Å². The van der Waals surface area contributed by atoms with Crippen molar-refractivity contribution in [2.75, 3.05) is 26.7 Å². The molecule has 0 spiro atoms. The highest BCUT2D eigenvalue weighted by molar-refractivity contribution is 4.84. The van der Waals surface area contributed by atoms with E-state index in [1.54, 1.807) is 0 Å². The largest absolute Gasteiger partial charge is 0.317 e. The summed E-state index contributed by atoms with van der Waals surface area (Å²) >= 11 is 0. The maximum Gasteiger partial charge on any atom is 0.00928 e. The van der Waals surface area contributed by atoms with E-state index < -0.39 is 0 Å². The molecular formula is C15H30N2. The van der Waals surface area contributed by atoms with Crippen LogP contribution in [-0.4, -0.2) is 37.6 Å². The Bertz CT molecular complexity index is 227. The Kier molecular flexibility index (Phi) is 4.87. The van der Waals surface area contributed by atoms with Gasteiger partial charge in [0.25, 0.3) is 0 Å². The minimum Gasteiger partial charge on any atom is -0.317 e. The molecule has 2 rings (SSSR count). The molecule has 1 N–H and O–H groups in total. The Morgan fingerprint density at radius 1 is 1.24 bits per heavy atom. The van der Waals surface area contributed by atoms with Gasteiger partial charge in [0.1, 0.15) is 0 Å². The van der Waals surface area contributed by atoms with E-state index in [-0.39, 0.29) is 0 Å². The molecular weight excluding hydrogens is 208 g/mol. The fraction of sp³-hybridized carbons (Fsp3) is 1.00. The van der Waals surface area contributed by atoms with Crippen molar-refractivity contribution in [3.63, 3.8) is 0 Å². The van der Waals surface area contributed by atoms with Crippen LogP contribution in [-0.2, 0) is 0 Å². The summed E-state index contributed by atoms with van der Waals surface area (Å²) < 4.78 is 0. The Morgan fingerprint density at radius 3 is 2.71 bits per heavy atom. The molecule has 0 bridgehead atoms. The summed E-state index contributed by atoms with van der Waals surface area (Å²) in [5.74, 6) is 2.77. The summed E-state index contributed by atoms with van der Waals surface area (Å²) in [5, 5.41) is 3.50. The van der Waals surface area contributed by atoms with E-state index in [4.69, 9.17) is 0 Å². The van der Waals surface area contributed by atoms with Gasteiger partial charge >= 0.3 is 0 Å². The number of likely N-dealkylation sites (tertiary alicyclic amines) is 1. The van der Waals surface area contributed by atoms with E-state index in [9.17, 15) is 0 Å². The van der Waals surface area contributed by atoms with Gasteiger partial charge < -0.3 is 10.2 Å². The third-order valence-corrected chi connectivity index (χ3v) is 5.10. The van der Waals surface area contributed by atoms with Gasteiger partial charge in [0.15, 0.2) is 0 Å². The van der Waals surface area contributed by atoms with Crippen LogP contribution in [0.3, 0.4) is 0 Å². The van der Waals surface area contributed by atoms with Gasteiger partial charge in [0, 0.05) is 12.6 Å². The second-order valence-electron chi connectivity index (χ2n) is 6.47. The first-order chi connectivity index (χ1) is 8.20. The number of hydrogen-bond acceptors (Lipinski definition) is 2. The van der Waals surface area contributed by atoms with E-state index in [1.807, 2.05) is 0 Å². The van der Waals surface area contributed by atoms with E-state index in [0.717, 1.165) is 23.8 Å². The molecule has 3 atom stereocenters. The van der Waals surface area contributed by atoms with Gasteiger partial charge in [0.2, 0.25) is 0 Å². The van der Waals surface area contributed by atoms with E-state index in [0.29, 0.717) is 0 Å². The van der Waals surface area contributed by atoms with Crippen molar-refractivity contribution in [1.29, 1.82) is 0 Å². The predicted octanol–water partition coefficient (Wildman–Crippen LogP) is 2.74. The molecule has 1 aliphatic carbocycles. The van der Waals surface area contributed by atoms with Crippen LogP contribution in [0, 0.1) is 17.8 Å². The first-order valence-electron chi connectivity index (χ1n) is 7.60. The topological polar surface area (TPSA) is 15.3 Å². The highest BCUT2D eigenvalue weighted by Crippen LogP contribution is 2.30. The van der Waals surface area contributed by atoms with Gasteiger partial charge in [-0.1, -0.05) is 20.3 Å². The summed E-state index contributed by atoms with van der Waals surface area (Å²) in [6.45, 7) is 8.80. The van der Waals surface area contributed by atoms with Gasteiger partial charge in [-0.3, -0.25) is 0 Å². The number of rotatable bonds is 5. The lowest BCUT2D eigenvalue weighted by Crippen LogP contribution is -2.32. The van der Waals surface area contributed by atoms with Crippen LogP contribution in [0.1, 0.15) is 46.0 Å². The summed E-state index contributed by atoms with van der Waals surface area (Å²) in [5.41, 5.74) is 0. The fourth-order valence-corrected chi connectivity index (χ4v) is 3.72. The molecule has 1 aliphatic heterocycles. The molecule has 1 saturated heterocycles. The van der Waals surface area contributed by atoms with Crippen LogP contribution < -0.4 is 5.32 Å². The second-order valence-corrected chi connectivity index (χ2v) is 6.47. The molecule has 2 fully saturated rings. The maximum atomic E-state index is 3.50. The molecule has 0 amide bonds. The number of nitrogens with zero attached hydrogens (tertiary/aromatic N) is 1. The zero-order valence-electron chi connectivity index (χ0n) is 11.9. The van der Waals surface area contributed by atoms with Crippen LogP contribution >= 0.6 is 0 Å². The Labute approximate surface area is 107 Å². The summed E-state index contributed by atoms with van der Waals surface area (Å²) in [6.07, 6.45) is 7.13. The van der Waals surface area contributed by atoms with Crippen LogP contribution in [0.4, 0.5) is 0 Å². The zero-order valence-corrected chi connectivity index (χ0v) is 11.9. The van der Waals surface area contributed by atoms with Crippen molar-refractivity contribution in [3.05, 3.63) is 0 Å². The molecule has 3 unspecified atom stereocenters. The van der Waals surface area contributed by atoms with Gasteiger partial charge in [-0.2, -0.15) is 0 Å². The third-order valence-electron chi connectivity index (χ3n) is 5.10. The number of nitrogens with one attached hydrogen (secondary N) is 1. The Balaban J connectivity index is 1.69. The highest BCUT2D eigenvalue weighted by Gasteiger charge is 2.28. The van der Waals surface area contributed by atoms with Crippen molar-refractivity contribution in [2.24, 2.45) is 17.8 Å². The molecule has 0 radical (unpaired) electrons. The summed E-state index contributed by atoms with van der Waals surface area (Å²) in [4.78, 5) is 2.70. The van der Waals surface area contributed by atoms with Gasteiger partial charge in [-0.25, -0.2) is 0 Å². The third kappa shape index (κ3) is 3.45. The van der Waals surface area contributed by atoms with E-state index in [2.05, 4.69) is 31.1 Å². The summed E-state index contributed by atoms with van der Waals surface area (Å²) in [7, 11) is 2.13. The summed E-state index contributed by atoms with van der Waals surface area (Å²) in [6, 6.07) is 0.804. The maximum absolute atomic E-state index is 3.50. The van der Waals surface area contributed by atoms with Crippen molar-refractivity contribution in [1.82, 2.24) is 10.2 Å². The fourth-order valence-electron chi connectivity index (χ4n) is 3.72. The van der Waals surface area contributed by atoms with Gasteiger partial charge in [-0.05, 0) is 63.6 Å². The lowest BCUT2D eigenvalue weighted by Gasteiger charge is -2.23. The molecule has 0 aromatic heterocycles. The van der Waals surface area contributed by atoms with E-state index >= 15 is 0 Å². The second kappa shape index (κ2) is 6.19. The molecule has 1 heterocycles. The lowest BCUT2D eigenvalue weighted by molar-refractivity contribution is 0.267. The predicted molar refractivity (Wildman–Crippen MR) is 74.2 cm³/mol. The van der Waals surface area contributed by atoms with Crippen molar-refractivity contribution in [2.45, 2.75) is 52.0 Å². The normalized spacial score (nSPS) is 34.9. The van der Waals surface area contributed by atoms with Crippen LogP contribution in [0.2, 0.25) is 0 Å². The van der Waals surface area contributed by atoms with Gasteiger partial charge in [-0.15, -0.1) is 0 Å². The molecule has 17 heavy (non-hydrogen) atoms. The molecule has 1 saturated carbocycles.